The molecule has 0 bridgehead atoms. The van der Waals surface area contributed by atoms with Crippen LogP contribution < -0.4 is 5.32 Å². The van der Waals surface area contributed by atoms with Crippen molar-refractivity contribution < 1.29 is 4.79 Å². The van der Waals surface area contributed by atoms with Crippen molar-refractivity contribution in [1.82, 2.24) is 5.32 Å². The summed E-state index contributed by atoms with van der Waals surface area (Å²) in [5.74, 6) is 0.976. The minimum absolute atomic E-state index is 0.248. The molecule has 1 aliphatic carbocycles. The molecule has 0 aromatic heterocycles. The van der Waals surface area contributed by atoms with Crippen LogP contribution in [0.3, 0.4) is 0 Å². The third-order valence-electron chi connectivity index (χ3n) is 2.15. The van der Waals surface area contributed by atoms with Crippen molar-refractivity contribution in [2.75, 3.05) is 13.6 Å². The lowest BCUT2D eigenvalue weighted by Gasteiger charge is -2.12. The summed E-state index contributed by atoms with van der Waals surface area (Å²) in [6.45, 7) is 2.54. The van der Waals surface area contributed by atoms with Crippen LogP contribution in [-0.4, -0.2) is 25.7 Å². The summed E-state index contributed by atoms with van der Waals surface area (Å²) in [4.78, 5) is 14.2. The Kier molecular flexibility index (Phi) is 2.27. The standard InChI is InChI=1S/C8H14N2O/c1-8(3-4-8)7(9-2)10-5-6-11/h6H,3-5H2,1-2H3,(H,9,10). The van der Waals surface area contributed by atoms with Gasteiger partial charge in [0.1, 0.15) is 12.1 Å². The SMILES string of the molecule is CN=C(NCC=O)C1(C)CC1. The third kappa shape index (κ3) is 1.79. The summed E-state index contributed by atoms with van der Waals surface area (Å²) in [5, 5.41) is 3.00. The smallest absolute Gasteiger partial charge is 0.139 e. The van der Waals surface area contributed by atoms with Gasteiger partial charge in [-0.15, -0.1) is 0 Å². The van der Waals surface area contributed by atoms with Crippen LogP contribution in [0.4, 0.5) is 0 Å². The summed E-state index contributed by atoms with van der Waals surface area (Å²) in [5.41, 5.74) is 0.248. The normalized spacial score (nSPS) is 21.1. The maximum absolute atomic E-state index is 10.1. The van der Waals surface area contributed by atoms with E-state index >= 15 is 0 Å². The van der Waals surface area contributed by atoms with Gasteiger partial charge in [-0.2, -0.15) is 0 Å². The molecule has 0 heterocycles. The fraction of sp³-hybridized carbons (Fsp3) is 0.750. The number of aldehydes is 1. The van der Waals surface area contributed by atoms with E-state index in [9.17, 15) is 4.79 Å². The molecule has 1 fully saturated rings. The van der Waals surface area contributed by atoms with E-state index < -0.39 is 0 Å². The number of rotatable bonds is 3. The summed E-state index contributed by atoms with van der Waals surface area (Å²) < 4.78 is 0. The molecule has 0 amide bonds. The molecule has 0 saturated heterocycles. The van der Waals surface area contributed by atoms with E-state index in [0.29, 0.717) is 6.54 Å². The van der Waals surface area contributed by atoms with E-state index in [1.807, 2.05) is 0 Å². The Morgan fingerprint density at radius 1 is 1.73 bits per heavy atom. The Bertz CT molecular complexity index is 183. The predicted octanol–water partition coefficient (Wildman–Crippen LogP) is 0.603. The van der Waals surface area contributed by atoms with Crippen molar-refractivity contribution in [3.63, 3.8) is 0 Å². The van der Waals surface area contributed by atoms with Gasteiger partial charge < -0.3 is 10.1 Å². The summed E-state index contributed by atoms with van der Waals surface area (Å²) >= 11 is 0. The Morgan fingerprint density at radius 3 is 2.73 bits per heavy atom. The second-order valence-electron chi connectivity index (χ2n) is 3.18. The van der Waals surface area contributed by atoms with Crippen LogP contribution in [0, 0.1) is 5.41 Å². The molecular formula is C8H14N2O. The minimum Gasteiger partial charge on any atom is -0.367 e. The van der Waals surface area contributed by atoms with Gasteiger partial charge in [0.2, 0.25) is 0 Å². The number of amidine groups is 1. The lowest BCUT2D eigenvalue weighted by molar-refractivity contribution is -0.106. The number of nitrogens with one attached hydrogen (secondary N) is 1. The quantitative estimate of drug-likeness (QED) is 0.367. The second-order valence-corrected chi connectivity index (χ2v) is 3.18. The highest BCUT2D eigenvalue weighted by molar-refractivity contribution is 5.91. The lowest BCUT2D eigenvalue weighted by atomic mass is 10.1. The van der Waals surface area contributed by atoms with Crippen LogP contribution in [0.2, 0.25) is 0 Å². The molecule has 1 aliphatic rings. The van der Waals surface area contributed by atoms with E-state index in [-0.39, 0.29) is 5.41 Å². The van der Waals surface area contributed by atoms with Gasteiger partial charge in [-0.05, 0) is 12.8 Å². The number of carbonyl (C=O) groups excluding carboxylic acids is 1. The summed E-state index contributed by atoms with van der Waals surface area (Å²) in [7, 11) is 1.76. The fourth-order valence-corrected chi connectivity index (χ4v) is 1.13. The van der Waals surface area contributed by atoms with E-state index in [1.54, 1.807) is 7.05 Å². The molecule has 3 nitrogen and oxygen atoms in total. The van der Waals surface area contributed by atoms with Crippen molar-refractivity contribution in [3.05, 3.63) is 0 Å². The molecule has 0 aromatic carbocycles. The van der Waals surface area contributed by atoms with Gasteiger partial charge in [-0.25, -0.2) is 0 Å². The van der Waals surface area contributed by atoms with Crippen LogP contribution in [0.1, 0.15) is 19.8 Å². The first-order valence-corrected chi connectivity index (χ1v) is 3.88. The maximum Gasteiger partial charge on any atom is 0.139 e. The average Bonchev–Trinajstić information content (AvgIpc) is 2.71. The Hall–Kier alpha value is -0.860. The molecule has 0 spiro atoms. The number of carbonyl (C=O) groups is 1. The van der Waals surface area contributed by atoms with Crippen molar-refractivity contribution in [2.45, 2.75) is 19.8 Å². The van der Waals surface area contributed by atoms with Gasteiger partial charge in [0.25, 0.3) is 0 Å². The zero-order valence-corrected chi connectivity index (χ0v) is 7.05. The van der Waals surface area contributed by atoms with Gasteiger partial charge >= 0.3 is 0 Å². The van der Waals surface area contributed by atoms with Gasteiger partial charge in [0.15, 0.2) is 0 Å². The molecule has 0 aliphatic heterocycles. The van der Waals surface area contributed by atoms with E-state index in [4.69, 9.17) is 0 Å². The van der Waals surface area contributed by atoms with Crippen LogP contribution >= 0.6 is 0 Å². The van der Waals surface area contributed by atoms with Gasteiger partial charge in [-0.1, -0.05) is 6.92 Å². The van der Waals surface area contributed by atoms with E-state index in [0.717, 1.165) is 12.1 Å². The van der Waals surface area contributed by atoms with Crippen LogP contribution in [0.25, 0.3) is 0 Å². The lowest BCUT2D eigenvalue weighted by Crippen LogP contribution is -2.31. The van der Waals surface area contributed by atoms with Crippen LogP contribution in [-0.2, 0) is 4.79 Å². The maximum atomic E-state index is 10.1. The van der Waals surface area contributed by atoms with Gasteiger partial charge in [0, 0.05) is 12.5 Å². The largest absolute Gasteiger partial charge is 0.367 e. The minimum atomic E-state index is 0.248. The Balaban J connectivity index is 2.44. The molecule has 0 aromatic rings. The van der Waals surface area contributed by atoms with Gasteiger partial charge in [0.05, 0.1) is 6.54 Å². The van der Waals surface area contributed by atoms with E-state index in [2.05, 4.69) is 17.2 Å². The van der Waals surface area contributed by atoms with Crippen LogP contribution in [0.5, 0.6) is 0 Å². The zero-order valence-electron chi connectivity index (χ0n) is 7.05. The molecule has 0 radical (unpaired) electrons. The third-order valence-corrected chi connectivity index (χ3v) is 2.15. The predicted molar refractivity (Wildman–Crippen MR) is 44.8 cm³/mol. The molecular weight excluding hydrogens is 140 g/mol. The fourth-order valence-electron chi connectivity index (χ4n) is 1.13. The number of nitrogens with zero attached hydrogens (tertiary/aromatic N) is 1. The average molecular weight is 154 g/mol. The monoisotopic (exact) mass is 154 g/mol. The number of hydrogen-bond donors (Lipinski definition) is 1. The molecule has 1 saturated carbocycles. The topological polar surface area (TPSA) is 41.5 Å². The first-order chi connectivity index (χ1) is 5.23. The highest BCUT2D eigenvalue weighted by Gasteiger charge is 2.42. The number of aliphatic imine (C=N–C) groups is 1. The highest BCUT2D eigenvalue weighted by atomic mass is 16.1. The second kappa shape index (κ2) is 3.03. The molecule has 1 rings (SSSR count). The Morgan fingerprint density at radius 2 is 2.36 bits per heavy atom. The first kappa shape index (κ1) is 8.24. The zero-order chi connectivity index (χ0) is 8.32. The van der Waals surface area contributed by atoms with Crippen molar-refractivity contribution in [2.24, 2.45) is 10.4 Å². The molecule has 0 unspecified atom stereocenters. The number of hydrogen-bond acceptors (Lipinski definition) is 2. The van der Waals surface area contributed by atoms with E-state index in [1.165, 1.54) is 12.8 Å². The first-order valence-electron chi connectivity index (χ1n) is 3.88. The van der Waals surface area contributed by atoms with Gasteiger partial charge in [-0.3, -0.25) is 4.99 Å². The summed E-state index contributed by atoms with van der Waals surface area (Å²) in [6, 6.07) is 0. The van der Waals surface area contributed by atoms with Crippen molar-refractivity contribution in [1.29, 1.82) is 0 Å². The van der Waals surface area contributed by atoms with Crippen molar-refractivity contribution in [3.8, 4) is 0 Å². The molecule has 11 heavy (non-hydrogen) atoms. The molecule has 0 atom stereocenters. The Labute approximate surface area is 66.9 Å². The molecule has 3 heteroatoms. The van der Waals surface area contributed by atoms with Crippen LogP contribution in [0.15, 0.2) is 4.99 Å². The summed E-state index contributed by atoms with van der Waals surface area (Å²) in [6.07, 6.45) is 3.23. The highest BCUT2D eigenvalue weighted by Crippen LogP contribution is 2.45. The molecule has 1 N–H and O–H groups in total. The van der Waals surface area contributed by atoms with Crippen molar-refractivity contribution >= 4 is 12.1 Å². The molecule has 62 valence electrons.